The van der Waals surface area contributed by atoms with E-state index < -0.39 is 17.6 Å². The van der Waals surface area contributed by atoms with Crippen molar-refractivity contribution in [2.24, 2.45) is 0 Å². The van der Waals surface area contributed by atoms with E-state index in [4.69, 9.17) is 16.1 Å². The van der Waals surface area contributed by atoms with Gasteiger partial charge in [-0.05, 0) is 24.3 Å². The lowest BCUT2D eigenvalue weighted by Crippen LogP contribution is -2.09. The van der Waals surface area contributed by atoms with Gasteiger partial charge in [0.05, 0.1) is 21.3 Å². The summed E-state index contributed by atoms with van der Waals surface area (Å²) in [5.74, 6) is -2.40. The number of hydrogen-bond donors (Lipinski definition) is 1. The molecule has 132 valence electrons. The van der Waals surface area contributed by atoms with Gasteiger partial charge in [0.25, 0.3) is 0 Å². The van der Waals surface area contributed by atoms with Crippen molar-refractivity contribution in [3.63, 3.8) is 0 Å². The lowest BCUT2D eigenvalue weighted by atomic mass is 10.2. The van der Waals surface area contributed by atoms with E-state index in [-0.39, 0.29) is 23.1 Å². The van der Waals surface area contributed by atoms with Crippen LogP contribution in [-0.4, -0.2) is 20.8 Å². The van der Waals surface area contributed by atoms with Crippen molar-refractivity contribution < 1.29 is 23.2 Å². The van der Waals surface area contributed by atoms with Crippen LogP contribution in [0, 0.1) is 11.6 Å². The molecule has 5 nitrogen and oxygen atoms in total. The van der Waals surface area contributed by atoms with Crippen molar-refractivity contribution in [1.29, 1.82) is 0 Å². The number of carbonyl (C=O) groups is 1. The highest BCUT2D eigenvalue weighted by Gasteiger charge is 2.20. The first-order chi connectivity index (χ1) is 12.4. The second-order valence-electron chi connectivity index (χ2n) is 5.53. The molecule has 0 amide bonds. The van der Waals surface area contributed by atoms with Gasteiger partial charge in [-0.3, -0.25) is 0 Å². The van der Waals surface area contributed by atoms with E-state index in [1.807, 2.05) is 0 Å². The minimum atomic E-state index is -1.25. The molecule has 4 aromatic rings. The van der Waals surface area contributed by atoms with Crippen LogP contribution in [0.25, 0.3) is 21.5 Å². The molecule has 0 saturated carbocycles. The first kappa shape index (κ1) is 16.7. The Morgan fingerprint density at radius 3 is 2.77 bits per heavy atom. The van der Waals surface area contributed by atoms with Crippen LogP contribution in [0.5, 0.6) is 0 Å². The number of benzene rings is 1. The number of rotatable bonds is 4. The number of nitrogens with zero attached hydrogens (tertiary/aromatic N) is 2. The van der Waals surface area contributed by atoms with Gasteiger partial charge in [0.15, 0.2) is 5.76 Å². The molecule has 0 fully saturated rings. The summed E-state index contributed by atoms with van der Waals surface area (Å²) < 4.78 is 34.7. The monoisotopic (exact) mass is 394 g/mol. The van der Waals surface area contributed by atoms with Crippen molar-refractivity contribution in [2.45, 2.75) is 6.54 Å². The average molecular weight is 395 g/mol. The maximum absolute atomic E-state index is 14.0. The number of aromatic carboxylic acids is 1. The van der Waals surface area contributed by atoms with Crippen LogP contribution < -0.4 is 0 Å². The number of thiophene rings is 1. The Hall–Kier alpha value is -2.71. The van der Waals surface area contributed by atoms with Gasteiger partial charge < -0.3 is 14.2 Å². The van der Waals surface area contributed by atoms with Crippen LogP contribution in [0.15, 0.2) is 40.9 Å². The zero-order valence-corrected chi connectivity index (χ0v) is 14.4. The summed E-state index contributed by atoms with van der Waals surface area (Å²) >= 11 is 7.21. The molecule has 0 bridgehead atoms. The molecule has 0 spiro atoms. The SMILES string of the molecule is O=C(O)c1cc2c(F)cc(F)cc2n1Cc1cc(-c2ccc(Cl)s2)on1. The van der Waals surface area contributed by atoms with Gasteiger partial charge in [-0.2, -0.15) is 0 Å². The Labute approximate surface area is 154 Å². The molecule has 0 radical (unpaired) electrons. The molecule has 1 N–H and O–H groups in total. The second-order valence-corrected chi connectivity index (χ2v) is 7.24. The van der Waals surface area contributed by atoms with Crippen LogP contribution >= 0.6 is 22.9 Å². The van der Waals surface area contributed by atoms with Crippen molar-refractivity contribution in [3.05, 3.63) is 63.8 Å². The summed E-state index contributed by atoms with van der Waals surface area (Å²) in [6.45, 7) is -0.0172. The molecule has 1 aromatic carbocycles. The lowest BCUT2D eigenvalue weighted by Gasteiger charge is -2.06. The van der Waals surface area contributed by atoms with Crippen LogP contribution in [0.2, 0.25) is 4.34 Å². The molecule has 4 rings (SSSR count). The third kappa shape index (κ3) is 2.87. The normalized spacial score (nSPS) is 11.3. The van der Waals surface area contributed by atoms with Gasteiger partial charge in [0.1, 0.15) is 23.0 Å². The minimum Gasteiger partial charge on any atom is -0.477 e. The fourth-order valence-electron chi connectivity index (χ4n) is 2.74. The largest absolute Gasteiger partial charge is 0.477 e. The van der Waals surface area contributed by atoms with Crippen molar-refractivity contribution >= 4 is 39.8 Å². The molecular weight excluding hydrogens is 386 g/mol. The maximum atomic E-state index is 14.0. The third-order valence-electron chi connectivity index (χ3n) is 3.85. The van der Waals surface area contributed by atoms with Gasteiger partial charge >= 0.3 is 5.97 Å². The summed E-state index contributed by atoms with van der Waals surface area (Å²) in [5, 5.41) is 13.3. The smallest absolute Gasteiger partial charge is 0.352 e. The van der Waals surface area contributed by atoms with E-state index >= 15 is 0 Å². The highest BCUT2D eigenvalue weighted by Crippen LogP contribution is 2.32. The number of aromatic nitrogens is 2. The second kappa shape index (κ2) is 6.22. The summed E-state index contributed by atoms with van der Waals surface area (Å²) in [5.41, 5.74) is 0.367. The van der Waals surface area contributed by atoms with Crippen molar-refractivity contribution in [1.82, 2.24) is 9.72 Å². The quantitative estimate of drug-likeness (QED) is 0.526. The van der Waals surface area contributed by atoms with Crippen LogP contribution in [-0.2, 0) is 6.54 Å². The number of carboxylic acid groups (broad SMARTS) is 1. The number of halogens is 3. The summed E-state index contributed by atoms with van der Waals surface area (Å²) in [6.07, 6.45) is 0. The molecule has 0 saturated heterocycles. The van der Waals surface area contributed by atoms with Gasteiger partial charge in [0.2, 0.25) is 0 Å². The maximum Gasteiger partial charge on any atom is 0.352 e. The molecule has 3 aromatic heterocycles. The molecule has 9 heteroatoms. The number of carboxylic acids is 1. The molecule has 0 atom stereocenters. The minimum absolute atomic E-state index is 0.0172. The highest BCUT2D eigenvalue weighted by atomic mass is 35.5. The Kier molecular flexibility index (Phi) is 4.01. The summed E-state index contributed by atoms with van der Waals surface area (Å²) in [6, 6.07) is 8.10. The zero-order valence-electron chi connectivity index (χ0n) is 12.9. The van der Waals surface area contributed by atoms with E-state index in [0.717, 1.165) is 10.9 Å². The Morgan fingerprint density at radius 1 is 1.27 bits per heavy atom. The van der Waals surface area contributed by atoms with Gasteiger partial charge in [-0.1, -0.05) is 16.8 Å². The van der Waals surface area contributed by atoms with Gasteiger partial charge in [0, 0.05) is 17.5 Å². The Morgan fingerprint density at radius 2 is 2.08 bits per heavy atom. The van der Waals surface area contributed by atoms with E-state index in [1.165, 1.54) is 22.0 Å². The molecular formula is C17H9ClF2N2O3S. The Bertz CT molecular complexity index is 1150. The number of hydrogen-bond acceptors (Lipinski definition) is 4. The first-order valence-corrected chi connectivity index (χ1v) is 8.54. The molecule has 26 heavy (non-hydrogen) atoms. The van der Waals surface area contributed by atoms with E-state index in [2.05, 4.69) is 5.16 Å². The molecule has 3 heterocycles. The van der Waals surface area contributed by atoms with Crippen molar-refractivity contribution in [3.8, 4) is 10.6 Å². The van der Waals surface area contributed by atoms with E-state index in [9.17, 15) is 18.7 Å². The molecule has 0 unspecified atom stereocenters. The topological polar surface area (TPSA) is 68.3 Å². The molecule has 0 aliphatic carbocycles. The first-order valence-electron chi connectivity index (χ1n) is 7.35. The van der Waals surface area contributed by atoms with E-state index in [1.54, 1.807) is 18.2 Å². The van der Waals surface area contributed by atoms with E-state index in [0.29, 0.717) is 21.9 Å². The van der Waals surface area contributed by atoms with Crippen molar-refractivity contribution in [2.75, 3.05) is 0 Å². The zero-order chi connectivity index (χ0) is 18.4. The van der Waals surface area contributed by atoms with Crippen LogP contribution in [0.4, 0.5) is 8.78 Å². The molecule has 0 aliphatic rings. The predicted molar refractivity (Wildman–Crippen MR) is 92.7 cm³/mol. The van der Waals surface area contributed by atoms with Crippen LogP contribution in [0.1, 0.15) is 16.2 Å². The van der Waals surface area contributed by atoms with Gasteiger partial charge in [-0.25, -0.2) is 13.6 Å². The molecule has 0 aliphatic heterocycles. The summed E-state index contributed by atoms with van der Waals surface area (Å²) in [7, 11) is 0. The van der Waals surface area contributed by atoms with Crippen LogP contribution in [0.3, 0.4) is 0 Å². The summed E-state index contributed by atoms with van der Waals surface area (Å²) in [4.78, 5) is 12.3. The Balaban J connectivity index is 1.78. The predicted octanol–water partition coefficient (Wildman–Crippen LogP) is 5.04. The number of fused-ring (bicyclic) bond motifs is 1. The fourth-order valence-corrected chi connectivity index (χ4v) is 3.73. The third-order valence-corrected chi connectivity index (χ3v) is 5.10. The lowest BCUT2D eigenvalue weighted by molar-refractivity contribution is 0.0686. The van der Waals surface area contributed by atoms with Gasteiger partial charge in [-0.15, -0.1) is 11.3 Å². The highest BCUT2D eigenvalue weighted by molar-refractivity contribution is 7.19. The standard InChI is InChI=1S/C17H9ClF2N2O3S/c18-16-2-1-15(26-16)14-5-9(21-25-14)7-22-12-4-8(19)3-11(20)10(12)6-13(22)17(23)24/h1-6H,7H2,(H,23,24). The fraction of sp³-hybridized carbons (Fsp3) is 0.0588. The average Bonchev–Trinajstić information content (AvgIpc) is 3.27.